The molecule has 1 aromatic carbocycles. The largest absolute Gasteiger partial charge is 0.347 e. The first-order valence-electron chi connectivity index (χ1n) is 6.10. The van der Waals surface area contributed by atoms with E-state index in [0.29, 0.717) is 10.4 Å². The van der Waals surface area contributed by atoms with Crippen molar-refractivity contribution in [3.8, 4) is 11.8 Å². The summed E-state index contributed by atoms with van der Waals surface area (Å²) in [6.45, 7) is 0.107. The molecule has 1 heterocycles. The van der Waals surface area contributed by atoms with E-state index in [-0.39, 0.29) is 24.6 Å². The van der Waals surface area contributed by atoms with E-state index in [1.165, 1.54) is 11.3 Å². The van der Waals surface area contributed by atoms with E-state index in [0.717, 1.165) is 18.2 Å². The number of benzene rings is 1. The van der Waals surface area contributed by atoms with Crippen LogP contribution >= 0.6 is 11.3 Å². The minimum absolute atomic E-state index is 0.0921. The minimum Gasteiger partial charge on any atom is -0.347 e. The van der Waals surface area contributed by atoms with E-state index in [1.54, 1.807) is 11.4 Å². The molecule has 3 N–H and O–H groups in total. The fourth-order valence-electron chi connectivity index (χ4n) is 1.66. The first-order chi connectivity index (χ1) is 10.1. The maximum absolute atomic E-state index is 13.5. The molecule has 1 amide bonds. The molecule has 2 rings (SSSR count). The highest BCUT2D eigenvalue weighted by Crippen LogP contribution is 2.16. The van der Waals surface area contributed by atoms with Crippen LogP contribution in [0, 0.1) is 23.5 Å². The van der Waals surface area contributed by atoms with Crippen LogP contribution in [-0.4, -0.2) is 12.5 Å². The van der Waals surface area contributed by atoms with Gasteiger partial charge in [0.25, 0.3) is 5.91 Å². The summed E-state index contributed by atoms with van der Waals surface area (Å²) in [5.41, 5.74) is 5.95. The Morgan fingerprint density at radius 2 is 2.14 bits per heavy atom. The number of hydrogen-bond acceptors (Lipinski definition) is 3. The lowest BCUT2D eigenvalue weighted by Gasteiger charge is -2.06. The standard InChI is InChI=1S/C15H12F2N2OS/c16-12-3-4-13(17)11(8-12)9-19-15(20)14-10(2-1-6-18)5-7-21-14/h3-5,7-8H,6,9,18H2,(H,19,20). The van der Waals surface area contributed by atoms with Crippen LogP contribution in [0.15, 0.2) is 29.6 Å². The van der Waals surface area contributed by atoms with Crippen LogP contribution in [0.3, 0.4) is 0 Å². The van der Waals surface area contributed by atoms with Crippen molar-refractivity contribution >= 4 is 17.2 Å². The van der Waals surface area contributed by atoms with Crippen LogP contribution in [-0.2, 0) is 6.54 Å². The molecule has 3 nitrogen and oxygen atoms in total. The Hall–Kier alpha value is -2.23. The van der Waals surface area contributed by atoms with Crippen LogP contribution in [0.4, 0.5) is 8.78 Å². The van der Waals surface area contributed by atoms with Crippen LogP contribution in [0.5, 0.6) is 0 Å². The van der Waals surface area contributed by atoms with Crippen molar-refractivity contribution in [3.05, 3.63) is 57.3 Å². The predicted molar refractivity (Wildman–Crippen MR) is 77.8 cm³/mol. The summed E-state index contributed by atoms with van der Waals surface area (Å²) in [6, 6.07) is 4.82. The van der Waals surface area contributed by atoms with Gasteiger partial charge in [-0.25, -0.2) is 8.78 Å². The molecule has 0 atom stereocenters. The van der Waals surface area contributed by atoms with Crippen LogP contribution in [0.25, 0.3) is 0 Å². The van der Waals surface area contributed by atoms with E-state index in [9.17, 15) is 13.6 Å². The van der Waals surface area contributed by atoms with Gasteiger partial charge in [-0.15, -0.1) is 11.3 Å². The molecule has 6 heteroatoms. The number of carbonyl (C=O) groups is 1. The number of rotatable bonds is 3. The molecular weight excluding hydrogens is 294 g/mol. The molecule has 21 heavy (non-hydrogen) atoms. The zero-order valence-electron chi connectivity index (χ0n) is 11.0. The number of nitrogens with two attached hydrogens (primary N) is 1. The SMILES string of the molecule is NCC#Cc1ccsc1C(=O)NCc1cc(F)ccc1F. The lowest BCUT2D eigenvalue weighted by molar-refractivity contribution is 0.0954. The lowest BCUT2D eigenvalue weighted by Crippen LogP contribution is -2.23. The summed E-state index contributed by atoms with van der Waals surface area (Å²) in [5.74, 6) is 3.97. The lowest BCUT2D eigenvalue weighted by atomic mass is 10.2. The van der Waals surface area contributed by atoms with Crippen molar-refractivity contribution in [2.75, 3.05) is 6.54 Å². The average Bonchev–Trinajstić information content (AvgIpc) is 2.94. The molecule has 0 unspecified atom stereocenters. The number of thiophene rings is 1. The smallest absolute Gasteiger partial charge is 0.262 e. The Kier molecular flexibility index (Phi) is 5.04. The van der Waals surface area contributed by atoms with E-state index < -0.39 is 11.6 Å². The van der Waals surface area contributed by atoms with Gasteiger partial charge in [0.2, 0.25) is 0 Å². The summed E-state index contributed by atoms with van der Waals surface area (Å²) in [5, 5.41) is 4.29. The Morgan fingerprint density at radius 3 is 2.90 bits per heavy atom. The molecular formula is C15H12F2N2OS. The summed E-state index contributed by atoms with van der Waals surface area (Å²) >= 11 is 1.23. The predicted octanol–water partition coefficient (Wildman–Crippen LogP) is 2.27. The molecule has 0 spiro atoms. The third kappa shape index (κ3) is 3.88. The second-order valence-electron chi connectivity index (χ2n) is 4.09. The summed E-state index contributed by atoms with van der Waals surface area (Å²) < 4.78 is 26.5. The second-order valence-corrected chi connectivity index (χ2v) is 5.00. The second kappa shape index (κ2) is 6.97. The van der Waals surface area contributed by atoms with Gasteiger partial charge in [0, 0.05) is 17.7 Å². The minimum atomic E-state index is -0.564. The van der Waals surface area contributed by atoms with E-state index in [1.807, 2.05) is 0 Å². The molecule has 0 bridgehead atoms. The highest BCUT2D eigenvalue weighted by atomic mass is 32.1. The molecule has 2 aromatic rings. The molecule has 1 aromatic heterocycles. The number of hydrogen-bond donors (Lipinski definition) is 2. The molecule has 0 aliphatic carbocycles. The number of amides is 1. The zero-order chi connectivity index (χ0) is 15.2. The van der Waals surface area contributed by atoms with E-state index >= 15 is 0 Å². The van der Waals surface area contributed by atoms with Crippen molar-refractivity contribution in [2.24, 2.45) is 5.73 Å². The van der Waals surface area contributed by atoms with Gasteiger partial charge >= 0.3 is 0 Å². The maximum Gasteiger partial charge on any atom is 0.262 e. The normalized spacial score (nSPS) is 9.86. The molecule has 0 aliphatic rings. The third-order valence-corrected chi connectivity index (χ3v) is 3.56. The molecule has 0 saturated carbocycles. The van der Waals surface area contributed by atoms with E-state index in [4.69, 9.17) is 5.73 Å². The van der Waals surface area contributed by atoms with Gasteiger partial charge in [-0.05, 0) is 29.6 Å². The average molecular weight is 306 g/mol. The summed E-state index contributed by atoms with van der Waals surface area (Å²) in [4.78, 5) is 12.5. The monoisotopic (exact) mass is 306 g/mol. The highest BCUT2D eigenvalue weighted by molar-refractivity contribution is 7.12. The van der Waals surface area contributed by atoms with Crippen LogP contribution in [0.2, 0.25) is 0 Å². The summed E-state index contributed by atoms with van der Waals surface area (Å²) in [6.07, 6.45) is 0. The Balaban J connectivity index is 2.09. The fourth-order valence-corrected chi connectivity index (χ4v) is 2.43. The van der Waals surface area contributed by atoms with Crippen LogP contribution in [0.1, 0.15) is 20.8 Å². The Labute approximate surface area is 124 Å². The first kappa shape index (κ1) is 15.2. The van der Waals surface area contributed by atoms with Crippen molar-refractivity contribution in [1.29, 1.82) is 0 Å². The van der Waals surface area contributed by atoms with Gasteiger partial charge in [0.05, 0.1) is 6.54 Å². The van der Waals surface area contributed by atoms with Crippen molar-refractivity contribution in [2.45, 2.75) is 6.54 Å². The first-order valence-corrected chi connectivity index (χ1v) is 6.98. The number of carbonyl (C=O) groups excluding carboxylic acids is 1. The van der Waals surface area contributed by atoms with Crippen molar-refractivity contribution in [1.82, 2.24) is 5.32 Å². The molecule has 0 fully saturated rings. The van der Waals surface area contributed by atoms with Gasteiger partial charge < -0.3 is 11.1 Å². The van der Waals surface area contributed by atoms with Crippen molar-refractivity contribution < 1.29 is 13.6 Å². The van der Waals surface area contributed by atoms with Crippen LogP contribution < -0.4 is 11.1 Å². The molecule has 0 aliphatic heterocycles. The number of halogens is 2. The van der Waals surface area contributed by atoms with Gasteiger partial charge in [-0.3, -0.25) is 4.79 Å². The maximum atomic E-state index is 13.5. The highest BCUT2D eigenvalue weighted by Gasteiger charge is 2.13. The molecule has 108 valence electrons. The van der Waals surface area contributed by atoms with Gasteiger partial charge in [0.15, 0.2) is 0 Å². The van der Waals surface area contributed by atoms with Crippen molar-refractivity contribution in [3.63, 3.8) is 0 Å². The quantitative estimate of drug-likeness (QED) is 0.855. The Morgan fingerprint density at radius 1 is 1.33 bits per heavy atom. The zero-order valence-corrected chi connectivity index (χ0v) is 11.8. The molecule has 0 saturated heterocycles. The fraction of sp³-hybridized carbons (Fsp3) is 0.133. The molecule has 0 radical (unpaired) electrons. The van der Waals surface area contributed by atoms with E-state index in [2.05, 4.69) is 17.2 Å². The third-order valence-electron chi connectivity index (χ3n) is 2.64. The van der Waals surface area contributed by atoms with Gasteiger partial charge in [-0.1, -0.05) is 11.8 Å². The topological polar surface area (TPSA) is 55.1 Å². The number of nitrogens with one attached hydrogen (secondary N) is 1. The van der Waals surface area contributed by atoms with Gasteiger partial charge in [0.1, 0.15) is 16.5 Å². The summed E-state index contributed by atoms with van der Waals surface area (Å²) in [7, 11) is 0. The Bertz CT molecular complexity index is 716. The van der Waals surface area contributed by atoms with Gasteiger partial charge in [-0.2, -0.15) is 0 Å².